The van der Waals surface area contributed by atoms with E-state index in [1.54, 1.807) is 17.0 Å². The van der Waals surface area contributed by atoms with Gasteiger partial charge < -0.3 is 0 Å². The lowest BCUT2D eigenvalue weighted by Gasteiger charge is -2.11. The lowest BCUT2D eigenvalue weighted by atomic mass is 10.0. The Morgan fingerprint density at radius 2 is 1.78 bits per heavy atom. The molecule has 0 aliphatic carbocycles. The predicted molar refractivity (Wildman–Crippen MR) is 145 cm³/mol. The van der Waals surface area contributed by atoms with Crippen LogP contribution in [0.2, 0.25) is 5.02 Å². The van der Waals surface area contributed by atoms with Crippen molar-refractivity contribution >= 4 is 11.6 Å². The Morgan fingerprint density at radius 3 is 2.51 bits per heavy atom. The zero-order valence-electron chi connectivity index (χ0n) is 20.9. The van der Waals surface area contributed by atoms with Crippen molar-refractivity contribution in [2.45, 2.75) is 46.1 Å². The van der Waals surface area contributed by atoms with E-state index in [4.69, 9.17) is 11.6 Å². The minimum Gasteiger partial charge on any atom is -0.292 e. The molecule has 5 aromatic rings. The molecule has 0 saturated carbocycles. The Balaban J connectivity index is 1.49. The summed E-state index contributed by atoms with van der Waals surface area (Å²) in [7, 11) is 0. The second kappa shape index (κ2) is 10.9. The molecule has 37 heavy (non-hydrogen) atoms. The molecule has 0 saturated heterocycles. The molecule has 9 heteroatoms. The average Bonchev–Trinajstić information content (AvgIpc) is 3.55. The number of hydrogen-bond donors (Lipinski definition) is 1. The zero-order valence-corrected chi connectivity index (χ0v) is 21.6. The van der Waals surface area contributed by atoms with Crippen LogP contribution < -0.4 is 5.69 Å². The summed E-state index contributed by atoms with van der Waals surface area (Å²) >= 11 is 6.61. The minimum absolute atomic E-state index is 0.0784. The summed E-state index contributed by atoms with van der Waals surface area (Å²) in [5, 5.41) is 14.8. The molecule has 0 aliphatic heterocycles. The van der Waals surface area contributed by atoms with Gasteiger partial charge in [-0.1, -0.05) is 74.7 Å². The number of para-hydroxylation sites is 1. The van der Waals surface area contributed by atoms with E-state index < -0.39 is 0 Å². The molecule has 3 aromatic heterocycles. The normalized spacial score (nSPS) is 11.2. The van der Waals surface area contributed by atoms with Crippen LogP contribution in [-0.4, -0.2) is 34.7 Å². The van der Waals surface area contributed by atoms with Crippen LogP contribution >= 0.6 is 11.6 Å². The highest BCUT2D eigenvalue weighted by molar-refractivity contribution is 6.32. The largest absolute Gasteiger partial charge is 0.333 e. The highest BCUT2D eigenvalue weighted by atomic mass is 35.5. The number of benzene rings is 2. The number of H-pyrrole nitrogens is 1. The highest BCUT2D eigenvalue weighted by Crippen LogP contribution is 2.29. The van der Waals surface area contributed by atoms with E-state index in [1.807, 2.05) is 59.3 Å². The molecule has 0 unspecified atom stereocenters. The number of aromatic nitrogens is 7. The first-order valence-electron chi connectivity index (χ1n) is 12.5. The molecular formula is C28H28ClN7O. The van der Waals surface area contributed by atoms with Crippen LogP contribution in [0, 0.1) is 0 Å². The number of aromatic amines is 1. The quantitative estimate of drug-likeness (QED) is 0.281. The maximum Gasteiger partial charge on any atom is 0.333 e. The van der Waals surface area contributed by atoms with Crippen LogP contribution in [0.1, 0.15) is 43.5 Å². The fourth-order valence-electron chi connectivity index (χ4n) is 4.69. The van der Waals surface area contributed by atoms with Gasteiger partial charge in [-0.3, -0.25) is 14.1 Å². The monoisotopic (exact) mass is 513 g/mol. The van der Waals surface area contributed by atoms with Gasteiger partial charge in [-0.15, -0.1) is 5.10 Å². The number of imidazole rings is 1. The number of hydrogen-bond acceptors (Lipinski definition) is 5. The van der Waals surface area contributed by atoms with E-state index in [0.717, 1.165) is 64.9 Å². The highest BCUT2D eigenvalue weighted by Gasteiger charge is 2.17. The number of tetrazole rings is 1. The number of nitrogens with zero attached hydrogens (tertiary/aromatic N) is 6. The third kappa shape index (κ3) is 4.97. The van der Waals surface area contributed by atoms with Crippen molar-refractivity contribution in [3.05, 3.63) is 99.4 Å². The molecule has 0 spiro atoms. The topological polar surface area (TPSA) is 94.3 Å². The van der Waals surface area contributed by atoms with Crippen LogP contribution in [0.4, 0.5) is 0 Å². The second-order valence-corrected chi connectivity index (χ2v) is 9.38. The average molecular weight is 514 g/mol. The van der Waals surface area contributed by atoms with Crippen molar-refractivity contribution in [1.82, 2.24) is 34.7 Å². The summed E-state index contributed by atoms with van der Waals surface area (Å²) in [6.45, 7) is 4.72. The first kappa shape index (κ1) is 24.6. The van der Waals surface area contributed by atoms with Gasteiger partial charge in [0, 0.05) is 35.4 Å². The third-order valence-electron chi connectivity index (χ3n) is 6.43. The van der Waals surface area contributed by atoms with E-state index >= 15 is 0 Å². The Hall–Kier alpha value is -4.04. The van der Waals surface area contributed by atoms with E-state index in [9.17, 15) is 4.79 Å². The lowest BCUT2D eigenvalue weighted by molar-refractivity contribution is 0.691. The molecule has 0 aliphatic rings. The lowest BCUT2D eigenvalue weighted by Crippen LogP contribution is -2.25. The number of aryl methyl sites for hydroxylation is 2. The molecular weight excluding hydrogens is 486 g/mol. The summed E-state index contributed by atoms with van der Waals surface area (Å²) in [5.74, 6) is 0.584. The summed E-state index contributed by atoms with van der Waals surface area (Å²) in [6, 6.07) is 15.9. The predicted octanol–water partition coefficient (Wildman–Crippen LogP) is 5.49. The standard InChI is InChI=1S/C28H28ClN7O/c1-3-6-21-8-5-9-25(29)26(21)36-18-22(7-4-2)35(28(36)37)17-19-10-12-20(13-11-19)24-16-30-15-14-23(24)27-31-33-34-32-27/h5,8-16,18H,3-4,6-7,17H2,1-2H3,(H,31,32,33,34). The number of pyridine rings is 1. The van der Waals surface area contributed by atoms with Crippen LogP contribution in [0.5, 0.6) is 0 Å². The van der Waals surface area contributed by atoms with Gasteiger partial charge in [0.25, 0.3) is 0 Å². The first-order chi connectivity index (χ1) is 18.1. The van der Waals surface area contributed by atoms with Gasteiger partial charge >= 0.3 is 5.69 Å². The molecule has 5 rings (SSSR count). The summed E-state index contributed by atoms with van der Waals surface area (Å²) in [5.41, 5.74) is 6.59. The van der Waals surface area contributed by atoms with Gasteiger partial charge in [-0.2, -0.15) is 0 Å². The molecule has 2 aromatic carbocycles. The van der Waals surface area contributed by atoms with Gasteiger partial charge in [0.1, 0.15) is 0 Å². The molecule has 0 fully saturated rings. The fourth-order valence-corrected chi connectivity index (χ4v) is 4.97. The Kier molecular flexibility index (Phi) is 7.28. The van der Waals surface area contributed by atoms with Crippen molar-refractivity contribution in [3.8, 4) is 28.2 Å². The van der Waals surface area contributed by atoms with Gasteiger partial charge in [-0.05, 0) is 52.1 Å². The smallest absolute Gasteiger partial charge is 0.292 e. The van der Waals surface area contributed by atoms with Gasteiger partial charge in [0.15, 0.2) is 5.82 Å². The van der Waals surface area contributed by atoms with E-state index in [0.29, 0.717) is 17.4 Å². The van der Waals surface area contributed by atoms with E-state index in [-0.39, 0.29) is 5.69 Å². The van der Waals surface area contributed by atoms with Crippen molar-refractivity contribution in [3.63, 3.8) is 0 Å². The molecule has 3 heterocycles. The van der Waals surface area contributed by atoms with E-state index in [2.05, 4.69) is 39.5 Å². The first-order valence-corrected chi connectivity index (χ1v) is 12.8. The van der Waals surface area contributed by atoms with Crippen molar-refractivity contribution in [2.24, 2.45) is 0 Å². The van der Waals surface area contributed by atoms with E-state index in [1.165, 1.54) is 0 Å². The second-order valence-electron chi connectivity index (χ2n) is 8.97. The van der Waals surface area contributed by atoms with Gasteiger partial charge in [0.05, 0.1) is 17.3 Å². The van der Waals surface area contributed by atoms with Crippen LogP contribution in [0.25, 0.3) is 28.2 Å². The Labute approximate surface area is 220 Å². The van der Waals surface area contributed by atoms with Crippen molar-refractivity contribution < 1.29 is 0 Å². The summed E-state index contributed by atoms with van der Waals surface area (Å²) < 4.78 is 3.58. The maximum atomic E-state index is 13.7. The fraction of sp³-hybridized carbons (Fsp3) is 0.250. The number of rotatable bonds is 9. The molecule has 1 N–H and O–H groups in total. The van der Waals surface area contributed by atoms with Crippen LogP contribution in [0.3, 0.4) is 0 Å². The zero-order chi connectivity index (χ0) is 25.8. The van der Waals surface area contributed by atoms with Crippen molar-refractivity contribution in [2.75, 3.05) is 0 Å². The molecule has 0 amide bonds. The molecule has 8 nitrogen and oxygen atoms in total. The molecule has 0 radical (unpaired) electrons. The van der Waals surface area contributed by atoms with Crippen LogP contribution in [0.15, 0.2) is 71.9 Å². The van der Waals surface area contributed by atoms with Crippen molar-refractivity contribution in [1.29, 1.82) is 0 Å². The van der Waals surface area contributed by atoms with Gasteiger partial charge in [0.2, 0.25) is 0 Å². The SMILES string of the molecule is CCCc1cccc(Cl)c1-n1cc(CCC)n(Cc2ccc(-c3cnccc3-c3nnn[nH]3)cc2)c1=O. The summed E-state index contributed by atoms with van der Waals surface area (Å²) in [4.78, 5) is 18.0. The Bertz CT molecular complexity index is 1550. The molecule has 0 bridgehead atoms. The number of halogens is 1. The molecule has 0 atom stereocenters. The third-order valence-corrected chi connectivity index (χ3v) is 6.73. The van der Waals surface area contributed by atoms with Crippen LogP contribution in [-0.2, 0) is 19.4 Å². The van der Waals surface area contributed by atoms with Gasteiger partial charge in [-0.25, -0.2) is 9.89 Å². The summed E-state index contributed by atoms with van der Waals surface area (Å²) in [6.07, 6.45) is 9.04. The Morgan fingerprint density at radius 1 is 0.973 bits per heavy atom. The molecule has 188 valence electrons. The number of nitrogens with one attached hydrogen (secondary N) is 1. The maximum absolute atomic E-state index is 13.7. The minimum atomic E-state index is -0.0784.